The fourth-order valence-corrected chi connectivity index (χ4v) is 2.15. The van der Waals surface area contributed by atoms with Gasteiger partial charge < -0.3 is 10.6 Å². The summed E-state index contributed by atoms with van der Waals surface area (Å²) in [6, 6.07) is 5.93. The van der Waals surface area contributed by atoms with Gasteiger partial charge in [0.1, 0.15) is 0 Å². The Morgan fingerprint density at radius 3 is 2.58 bits per heavy atom. The molecule has 106 valence electrons. The average Bonchev–Trinajstić information content (AvgIpc) is 2.29. The molecule has 1 rings (SSSR count). The van der Waals surface area contributed by atoms with Gasteiger partial charge in [0.05, 0.1) is 0 Å². The van der Waals surface area contributed by atoms with Crippen molar-refractivity contribution in [2.75, 3.05) is 11.9 Å². The van der Waals surface area contributed by atoms with E-state index in [1.807, 2.05) is 18.2 Å². The van der Waals surface area contributed by atoms with Crippen molar-refractivity contribution in [1.82, 2.24) is 5.32 Å². The molecular formula is C15H23BrN2O. The summed E-state index contributed by atoms with van der Waals surface area (Å²) in [5.74, 6) is 0.0498. The highest BCUT2D eigenvalue weighted by molar-refractivity contribution is 9.10. The number of carbonyl (C=O) groups excluding carboxylic acids is 1. The first kappa shape index (κ1) is 16.2. The summed E-state index contributed by atoms with van der Waals surface area (Å²) in [5, 5.41) is 6.28. The molecule has 0 bridgehead atoms. The quantitative estimate of drug-likeness (QED) is 0.865. The number of nitrogens with one attached hydrogen (secondary N) is 2. The second-order valence-corrected chi connectivity index (χ2v) is 6.55. The predicted octanol–water partition coefficient (Wildman–Crippen LogP) is 3.73. The lowest BCUT2D eigenvalue weighted by Gasteiger charge is -2.20. The Balaban J connectivity index is 2.53. The van der Waals surface area contributed by atoms with E-state index in [4.69, 9.17) is 0 Å². The zero-order valence-electron chi connectivity index (χ0n) is 12.1. The van der Waals surface area contributed by atoms with E-state index < -0.39 is 0 Å². The first-order valence-electron chi connectivity index (χ1n) is 6.65. The maximum absolute atomic E-state index is 11.9. The Bertz CT molecular complexity index is 438. The normalized spacial score (nSPS) is 11.4. The number of carbonyl (C=O) groups is 1. The summed E-state index contributed by atoms with van der Waals surface area (Å²) < 4.78 is 1.04. The SMILES string of the molecule is CCc1cc(Br)ccc1NC(=O)CCNC(C)(C)C. The number of hydrogen-bond acceptors (Lipinski definition) is 2. The minimum absolute atomic E-state index is 0.0481. The van der Waals surface area contributed by atoms with Gasteiger partial charge in [0.15, 0.2) is 0 Å². The van der Waals surface area contributed by atoms with Crippen LogP contribution in [0.4, 0.5) is 5.69 Å². The minimum atomic E-state index is 0.0481. The van der Waals surface area contributed by atoms with Crippen LogP contribution in [0.25, 0.3) is 0 Å². The highest BCUT2D eigenvalue weighted by Crippen LogP contribution is 2.21. The van der Waals surface area contributed by atoms with Crippen LogP contribution >= 0.6 is 15.9 Å². The Morgan fingerprint density at radius 1 is 1.32 bits per heavy atom. The fraction of sp³-hybridized carbons (Fsp3) is 0.533. The van der Waals surface area contributed by atoms with Crippen LogP contribution in [-0.2, 0) is 11.2 Å². The summed E-state index contributed by atoms with van der Waals surface area (Å²) in [7, 11) is 0. The standard InChI is InChI=1S/C15H23BrN2O/c1-5-11-10-12(16)6-7-13(11)18-14(19)8-9-17-15(2,3)4/h6-7,10,17H,5,8-9H2,1-4H3,(H,18,19). The molecule has 0 aromatic heterocycles. The van der Waals surface area contributed by atoms with E-state index in [0.29, 0.717) is 13.0 Å². The van der Waals surface area contributed by atoms with Crippen molar-refractivity contribution < 1.29 is 4.79 Å². The molecule has 0 saturated carbocycles. The van der Waals surface area contributed by atoms with Crippen molar-refractivity contribution in [2.24, 2.45) is 0 Å². The molecule has 0 atom stereocenters. The molecule has 0 unspecified atom stereocenters. The molecule has 19 heavy (non-hydrogen) atoms. The monoisotopic (exact) mass is 326 g/mol. The van der Waals surface area contributed by atoms with Crippen molar-refractivity contribution in [3.8, 4) is 0 Å². The molecule has 1 amide bonds. The zero-order chi connectivity index (χ0) is 14.5. The lowest BCUT2D eigenvalue weighted by molar-refractivity contribution is -0.116. The third-order valence-electron chi connectivity index (χ3n) is 2.73. The number of halogens is 1. The van der Waals surface area contributed by atoms with E-state index in [2.05, 4.69) is 54.3 Å². The van der Waals surface area contributed by atoms with Crippen molar-refractivity contribution >= 4 is 27.5 Å². The third kappa shape index (κ3) is 6.21. The van der Waals surface area contributed by atoms with E-state index in [0.717, 1.165) is 22.1 Å². The number of anilines is 1. The molecule has 0 fully saturated rings. The Morgan fingerprint density at radius 2 is 2.00 bits per heavy atom. The highest BCUT2D eigenvalue weighted by atomic mass is 79.9. The van der Waals surface area contributed by atoms with Gasteiger partial charge in [-0.2, -0.15) is 0 Å². The van der Waals surface area contributed by atoms with Crippen molar-refractivity contribution in [3.63, 3.8) is 0 Å². The van der Waals surface area contributed by atoms with Gasteiger partial charge in [-0.15, -0.1) is 0 Å². The number of rotatable bonds is 5. The Kier molecular flexibility index (Phi) is 6.01. The first-order valence-corrected chi connectivity index (χ1v) is 7.44. The van der Waals surface area contributed by atoms with Crippen molar-refractivity contribution in [2.45, 2.75) is 46.1 Å². The van der Waals surface area contributed by atoms with Crippen LogP contribution in [0.5, 0.6) is 0 Å². The Hall–Kier alpha value is -0.870. The van der Waals surface area contributed by atoms with Crippen LogP contribution in [0.2, 0.25) is 0 Å². The largest absolute Gasteiger partial charge is 0.326 e. The number of benzene rings is 1. The van der Waals surface area contributed by atoms with Gasteiger partial charge in [-0.3, -0.25) is 4.79 Å². The van der Waals surface area contributed by atoms with Gasteiger partial charge in [-0.25, -0.2) is 0 Å². The van der Waals surface area contributed by atoms with Crippen molar-refractivity contribution in [3.05, 3.63) is 28.2 Å². The molecule has 3 nitrogen and oxygen atoms in total. The van der Waals surface area contributed by atoms with E-state index in [-0.39, 0.29) is 11.4 Å². The maximum Gasteiger partial charge on any atom is 0.225 e. The second kappa shape index (κ2) is 7.06. The molecule has 1 aromatic carbocycles. The van der Waals surface area contributed by atoms with Crippen LogP contribution in [0.3, 0.4) is 0 Å². The summed E-state index contributed by atoms with van der Waals surface area (Å²) in [6.45, 7) is 9.05. The number of amides is 1. The van der Waals surface area contributed by atoms with Crippen LogP contribution in [-0.4, -0.2) is 18.0 Å². The summed E-state index contributed by atoms with van der Waals surface area (Å²) >= 11 is 3.44. The number of aryl methyl sites for hydroxylation is 1. The molecule has 4 heteroatoms. The third-order valence-corrected chi connectivity index (χ3v) is 3.22. The van der Waals surface area contributed by atoms with Crippen LogP contribution < -0.4 is 10.6 Å². The van der Waals surface area contributed by atoms with Crippen molar-refractivity contribution in [1.29, 1.82) is 0 Å². The van der Waals surface area contributed by atoms with Gasteiger partial charge >= 0.3 is 0 Å². The zero-order valence-corrected chi connectivity index (χ0v) is 13.7. The topological polar surface area (TPSA) is 41.1 Å². The average molecular weight is 327 g/mol. The summed E-state index contributed by atoms with van der Waals surface area (Å²) in [4.78, 5) is 11.9. The summed E-state index contributed by atoms with van der Waals surface area (Å²) in [5.41, 5.74) is 2.10. The number of hydrogen-bond donors (Lipinski definition) is 2. The lowest BCUT2D eigenvalue weighted by atomic mass is 10.1. The molecule has 0 radical (unpaired) electrons. The molecular weight excluding hydrogens is 304 g/mol. The maximum atomic E-state index is 11.9. The Labute approximate surface area is 124 Å². The van der Waals surface area contributed by atoms with E-state index in [1.165, 1.54) is 0 Å². The van der Waals surface area contributed by atoms with Gasteiger partial charge in [-0.1, -0.05) is 22.9 Å². The molecule has 0 aliphatic carbocycles. The van der Waals surface area contributed by atoms with Crippen LogP contribution in [0.1, 0.15) is 39.7 Å². The van der Waals surface area contributed by atoms with Crippen LogP contribution in [0.15, 0.2) is 22.7 Å². The van der Waals surface area contributed by atoms with E-state index in [1.54, 1.807) is 0 Å². The van der Waals surface area contributed by atoms with Gasteiger partial charge in [0.2, 0.25) is 5.91 Å². The molecule has 1 aromatic rings. The van der Waals surface area contributed by atoms with E-state index in [9.17, 15) is 4.79 Å². The van der Waals surface area contributed by atoms with Gasteiger partial charge in [-0.05, 0) is 51.0 Å². The molecule has 0 aliphatic heterocycles. The molecule has 2 N–H and O–H groups in total. The minimum Gasteiger partial charge on any atom is -0.326 e. The lowest BCUT2D eigenvalue weighted by Crippen LogP contribution is -2.37. The molecule has 0 spiro atoms. The fourth-order valence-electron chi connectivity index (χ4n) is 1.74. The molecule has 0 heterocycles. The van der Waals surface area contributed by atoms with E-state index >= 15 is 0 Å². The van der Waals surface area contributed by atoms with Gasteiger partial charge in [0, 0.05) is 28.7 Å². The highest BCUT2D eigenvalue weighted by Gasteiger charge is 2.10. The predicted molar refractivity (Wildman–Crippen MR) is 84.5 cm³/mol. The van der Waals surface area contributed by atoms with Crippen LogP contribution in [0, 0.1) is 0 Å². The molecule has 0 aliphatic rings. The second-order valence-electron chi connectivity index (χ2n) is 5.63. The molecule has 0 saturated heterocycles. The first-order chi connectivity index (χ1) is 8.81. The van der Waals surface area contributed by atoms with Gasteiger partial charge in [0.25, 0.3) is 0 Å². The smallest absolute Gasteiger partial charge is 0.225 e. The summed E-state index contributed by atoms with van der Waals surface area (Å²) in [6.07, 6.45) is 1.38.